The predicted molar refractivity (Wildman–Crippen MR) is 93.3 cm³/mol. The number of hydrogen-bond acceptors (Lipinski definition) is 5. The van der Waals surface area contributed by atoms with E-state index >= 15 is 0 Å². The van der Waals surface area contributed by atoms with Crippen LogP contribution < -0.4 is 15.5 Å². The molecule has 0 bridgehead atoms. The second-order valence-electron chi connectivity index (χ2n) is 6.21. The highest BCUT2D eigenvalue weighted by atomic mass is 16.3. The quantitative estimate of drug-likeness (QED) is 0.782. The Balaban J connectivity index is 1.94. The number of urea groups is 1. The van der Waals surface area contributed by atoms with Crippen molar-refractivity contribution in [3.63, 3.8) is 0 Å². The number of rotatable bonds is 5. The minimum atomic E-state index is -1.22. The summed E-state index contributed by atoms with van der Waals surface area (Å²) in [5.41, 5.74) is 0.0250. The van der Waals surface area contributed by atoms with Crippen LogP contribution in [0.4, 0.5) is 16.3 Å². The fourth-order valence-corrected chi connectivity index (χ4v) is 2.41. The topological polar surface area (TPSA) is 90.6 Å². The van der Waals surface area contributed by atoms with Crippen molar-refractivity contribution in [2.24, 2.45) is 0 Å². The molecule has 130 valence electrons. The van der Waals surface area contributed by atoms with E-state index in [1.165, 1.54) is 0 Å². The largest absolute Gasteiger partial charge is 0.466 e. The maximum Gasteiger partial charge on any atom is 0.319 e. The van der Waals surface area contributed by atoms with Gasteiger partial charge in [0.05, 0.1) is 18.4 Å². The van der Waals surface area contributed by atoms with Crippen LogP contribution in [0.3, 0.4) is 0 Å². The third-order valence-electron chi connectivity index (χ3n) is 3.68. The molecule has 0 saturated heterocycles. The maximum absolute atomic E-state index is 12.0. The molecule has 3 N–H and O–H groups in total. The van der Waals surface area contributed by atoms with Gasteiger partial charge in [-0.3, -0.25) is 0 Å². The minimum Gasteiger partial charge on any atom is -0.466 e. The molecule has 0 aliphatic rings. The van der Waals surface area contributed by atoms with Crippen molar-refractivity contribution in [2.75, 3.05) is 30.9 Å². The summed E-state index contributed by atoms with van der Waals surface area (Å²) >= 11 is 0. The molecule has 1 atom stereocenters. The molecule has 0 fully saturated rings. The van der Waals surface area contributed by atoms with Crippen molar-refractivity contribution in [2.45, 2.75) is 26.4 Å². The Bertz CT molecular complexity index is 705. The second kappa shape index (κ2) is 6.92. The van der Waals surface area contributed by atoms with Gasteiger partial charge < -0.3 is 25.1 Å². The number of aryl methyl sites for hydroxylation is 2. The van der Waals surface area contributed by atoms with E-state index in [-0.39, 0.29) is 6.54 Å². The third kappa shape index (κ3) is 4.26. The van der Waals surface area contributed by atoms with Crippen LogP contribution in [0.15, 0.2) is 28.8 Å². The van der Waals surface area contributed by atoms with Gasteiger partial charge in [0.1, 0.15) is 22.9 Å². The van der Waals surface area contributed by atoms with Crippen LogP contribution in [0.2, 0.25) is 0 Å². The van der Waals surface area contributed by atoms with Crippen LogP contribution in [-0.4, -0.2) is 36.8 Å². The SMILES string of the molecule is Cc1cc([C@@](C)(O)CNC(=O)Nc2ccc(N(C)C)nc2)c(C)o1. The van der Waals surface area contributed by atoms with Crippen molar-refractivity contribution < 1.29 is 14.3 Å². The third-order valence-corrected chi connectivity index (χ3v) is 3.68. The average Bonchev–Trinajstić information content (AvgIpc) is 2.85. The standard InChI is InChI=1S/C17H24N4O3/c1-11-8-14(12(2)24-11)17(3,23)10-19-16(22)20-13-6-7-15(18-9-13)21(4)5/h6-9,23H,10H2,1-5H3,(H2,19,20,22)/t17-/m0/s1. The van der Waals surface area contributed by atoms with Gasteiger partial charge in [0.25, 0.3) is 0 Å². The molecule has 24 heavy (non-hydrogen) atoms. The van der Waals surface area contributed by atoms with Crippen LogP contribution >= 0.6 is 0 Å². The number of aliphatic hydroxyl groups is 1. The molecular formula is C17H24N4O3. The molecular weight excluding hydrogens is 308 g/mol. The Labute approximate surface area is 141 Å². The van der Waals surface area contributed by atoms with Gasteiger partial charge in [0.15, 0.2) is 0 Å². The van der Waals surface area contributed by atoms with Crippen LogP contribution in [0.25, 0.3) is 0 Å². The number of pyridine rings is 1. The van der Waals surface area contributed by atoms with E-state index in [4.69, 9.17) is 4.42 Å². The number of anilines is 2. The highest BCUT2D eigenvalue weighted by molar-refractivity contribution is 5.89. The molecule has 0 saturated carbocycles. The zero-order chi connectivity index (χ0) is 17.9. The highest BCUT2D eigenvalue weighted by Crippen LogP contribution is 2.26. The van der Waals surface area contributed by atoms with E-state index in [9.17, 15) is 9.90 Å². The Morgan fingerprint density at radius 3 is 2.58 bits per heavy atom. The summed E-state index contributed by atoms with van der Waals surface area (Å²) in [5.74, 6) is 2.16. The Morgan fingerprint density at radius 1 is 1.38 bits per heavy atom. The maximum atomic E-state index is 12.0. The summed E-state index contributed by atoms with van der Waals surface area (Å²) in [6.07, 6.45) is 1.58. The molecule has 0 aliphatic heterocycles. The zero-order valence-electron chi connectivity index (χ0n) is 14.7. The summed E-state index contributed by atoms with van der Waals surface area (Å²) in [6.45, 7) is 5.30. The van der Waals surface area contributed by atoms with E-state index in [1.807, 2.05) is 32.0 Å². The Hall–Kier alpha value is -2.54. The lowest BCUT2D eigenvalue weighted by atomic mass is 9.96. The van der Waals surface area contributed by atoms with Crippen molar-refractivity contribution in [3.05, 3.63) is 41.5 Å². The second-order valence-corrected chi connectivity index (χ2v) is 6.21. The van der Waals surface area contributed by atoms with E-state index < -0.39 is 11.6 Å². The smallest absolute Gasteiger partial charge is 0.319 e. The summed E-state index contributed by atoms with van der Waals surface area (Å²) in [7, 11) is 3.79. The van der Waals surface area contributed by atoms with Gasteiger partial charge in [-0.05, 0) is 39.0 Å². The molecule has 0 aromatic carbocycles. The summed E-state index contributed by atoms with van der Waals surface area (Å²) in [5, 5.41) is 15.9. The Kier molecular flexibility index (Phi) is 5.14. The number of carbonyl (C=O) groups excluding carboxylic acids is 1. The van der Waals surface area contributed by atoms with Gasteiger partial charge >= 0.3 is 6.03 Å². The molecule has 2 aromatic heterocycles. The molecule has 2 heterocycles. The first-order valence-electron chi connectivity index (χ1n) is 7.67. The molecule has 2 aromatic rings. The lowest BCUT2D eigenvalue weighted by Gasteiger charge is -2.23. The van der Waals surface area contributed by atoms with E-state index in [0.717, 1.165) is 11.6 Å². The van der Waals surface area contributed by atoms with Gasteiger partial charge in [-0.1, -0.05) is 0 Å². The first-order chi connectivity index (χ1) is 11.2. The van der Waals surface area contributed by atoms with E-state index in [1.54, 1.807) is 32.2 Å². The summed E-state index contributed by atoms with van der Waals surface area (Å²) in [6, 6.07) is 4.94. The summed E-state index contributed by atoms with van der Waals surface area (Å²) in [4.78, 5) is 18.1. The van der Waals surface area contributed by atoms with E-state index in [2.05, 4.69) is 15.6 Å². The predicted octanol–water partition coefficient (Wildman–Crippen LogP) is 2.39. The molecule has 0 unspecified atom stereocenters. The molecule has 2 amide bonds. The van der Waals surface area contributed by atoms with Crippen LogP contribution in [-0.2, 0) is 5.60 Å². The fraction of sp³-hybridized carbons (Fsp3) is 0.412. The number of carbonyl (C=O) groups is 1. The van der Waals surface area contributed by atoms with Gasteiger partial charge in [-0.25, -0.2) is 9.78 Å². The van der Waals surface area contributed by atoms with Gasteiger partial charge in [0.2, 0.25) is 0 Å². The van der Waals surface area contributed by atoms with Gasteiger partial charge in [-0.15, -0.1) is 0 Å². The molecule has 7 nitrogen and oxygen atoms in total. The lowest BCUT2D eigenvalue weighted by molar-refractivity contribution is 0.0584. The van der Waals surface area contributed by atoms with Crippen LogP contribution in [0, 0.1) is 13.8 Å². The van der Waals surface area contributed by atoms with E-state index in [0.29, 0.717) is 17.0 Å². The Morgan fingerprint density at radius 2 is 2.08 bits per heavy atom. The lowest BCUT2D eigenvalue weighted by Crippen LogP contribution is -2.40. The molecule has 0 spiro atoms. The van der Waals surface area contributed by atoms with Gasteiger partial charge in [0, 0.05) is 19.7 Å². The monoisotopic (exact) mass is 332 g/mol. The molecule has 7 heteroatoms. The van der Waals surface area contributed by atoms with Crippen molar-refractivity contribution in [1.29, 1.82) is 0 Å². The highest BCUT2D eigenvalue weighted by Gasteiger charge is 2.28. The minimum absolute atomic E-state index is 0.0574. The first kappa shape index (κ1) is 17.8. The fourth-order valence-electron chi connectivity index (χ4n) is 2.41. The zero-order valence-corrected chi connectivity index (χ0v) is 14.7. The van der Waals surface area contributed by atoms with Gasteiger partial charge in [-0.2, -0.15) is 0 Å². The number of furan rings is 1. The van der Waals surface area contributed by atoms with Crippen molar-refractivity contribution >= 4 is 17.5 Å². The van der Waals surface area contributed by atoms with Crippen LogP contribution in [0.5, 0.6) is 0 Å². The normalized spacial score (nSPS) is 13.2. The van der Waals surface area contributed by atoms with Crippen LogP contribution in [0.1, 0.15) is 24.0 Å². The van der Waals surface area contributed by atoms with Crippen molar-refractivity contribution in [3.8, 4) is 0 Å². The number of nitrogens with zero attached hydrogens (tertiary/aromatic N) is 2. The molecule has 0 radical (unpaired) electrons. The molecule has 2 rings (SSSR count). The summed E-state index contributed by atoms with van der Waals surface area (Å²) < 4.78 is 5.43. The molecule has 0 aliphatic carbocycles. The number of aromatic nitrogens is 1. The number of hydrogen-bond donors (Lipinski definition) is 3. The van der Waals surface area contributed by atoms with Crippen molar-refractivity contribution in [1.82, 2.24) is 10.3 Å². The number of amides is 2. The first-order valence-corrected chi connectivity index (χ1v) is 7.67. The number of nitrogens with one attached hydrogen (secondary N) is 2. The average molecular weight is 332 g/mol.